The Kier molecular flexibility index (Phi) is 3.97. The number of rotatable bonds is 2. The third-order valence-electron chi connectivity index (χ3n) is 2.39. The number of aryl methyl sites for hydroxylation is 1. The molecule has 0 spiro atoms. The normalized spacial score (nSPS) is 10.7. The molecule has 1 aromatic carbocycles. The first-order chi connectivity index (χ1) is 8.40. The molecule has 0 unspecified atom stereocenters. The number of hydrogen-bond acceptors (Lipinski definition) is 2. The number of hydrogen-bond donors (Lipinski definition) is 0. The van der Waals surface area contributed by atoms with Crippen LogP contribution in [-0.4, -0.2) is 5.78 Å². The maximum absolute atomic E-state index is 13.3. The van der Waals surface area contributed by atoms with Crippen LogP contribution in [0.2, 0.25) is 13.7 Å². The van der Waals surface area contributed by atoms with Gasteiger partial charge in [-0.05, 0) is 30.7 Å². The van der Waals surface area contributed by atoms with Crippen LogP contribution in [0.3, 0.4) is 0 Å². The van der Waals surface area contributed by atoms with Crippen molar-refractivity contribution in [3.05, 3.63) is 54.4 Å². The molecule has 2 rings (SSSR count). The van der Waals surface area contributed by atoms with Crippen molar-refractivity contribution >= 4 is 51.9 Å². The fraction of sp³-hybridized carbons (Fsp3) is 0.0833. The van der Waals surface area contributed by atoms with E-state index in [0.717, 1.165) is 17.4 Å². The van der Waals surface area contributed by atoms with Gasteiger partial charge in [0.25, 0.3) is 0 Å². The summed E-state index contributed by atoms with van der Waals surface area (Å²) in [5, 5.41) is 0.0569. The summed E-state index contributed by atoms with van der Waals surface area (Å²) in [6, 6.07) is 4.00. The average Bonchev–Trinajstić information content (AvgIpc) is 2.62. The van der Waals surface area contributed by atoms with Gasteiger partial charge in [0.2, 0.25) is 0 Å². The number of benzene rings is 1. The Hall–Kier alpha value is -0.610. The Bertz CT molecular complexity index is 636. The summed E-state index contributed by atoms with van der Waals surface area (Å²) in [6.45, 7) is 1.56. The number of ketones is 1. The minimum Gasteiger partial charge on any atom is -0.288 e. The van der Waals surface area contributed by atoms with Gasteiger partial charge < -0.3 is 0 Å². The van der Waals surface area contributed by atoms with Gasteiger partial charge in [0, 0.05) is 5.56 Å². The molecule has 2 aromatic rings. The topological polar surface area (TPSA) is 17.1 Å². The van der Waals surface area contributed by atoms with Crippen molar-refractivity contribution in [3.63, 3.8) is 0 Å². The van der Waals surface area contributed by atoms with E-state index in [1.165, 1.54) is 12.1 Å². The largest absolute Gasteiger partial charge is 0.288 e. The number of thiophene rings is 1. The number of carbonyl (C=O) groups is 1. The molecule has 0 fully saturated rings. The second-order valence-corrected chi connectivity index (χ2v) is 6.34. The van der Waals surface area contributed by atoms with Crippen LogP contribution in [0.25, 0.3) is 0 Å². The monoisotopic (exact) mass is 322 g/mol. The summed E-state index contributed by atoms with van der Waals surface area (Å²) < 4.78 is 14.0. The fourth-order valence-electron chi connectivity index (χ4n) is 1.47. The second-order valence-electron chi connectivity index (χ2n) is 3.65. The lowest BCUT2D eigenvalue weighted by Crippen LogP contribution is -2.03. The van der Waals surface area contributed by atoms with Crippen molar-refractivity contribution < 1.29 is 9.18 Å². The minimum atomic E-state index is -0.453. The van der Waals surface area contributed by atoms with Crippen LogP contribution in [0.15, 0.2) is 18.2 Å². The maximum Gasteiger partial charge on any atom is 0.196 e. The van der Waals surface area contributed by atoms with E-state index in [9.17, 15) is 9.18 Å². The Morgan fingerprint density at radius 2 is 1.83 bits per heavy atom. The first-order valence-electron chi connectivity index (χ1n) is 4.85. The van der Waals surface area contributed by atoms with Gasteiger partial charge in [-0.2, -0.15) is 0 Å². The third-order valence-corrected chi connectivity index (χ3v) is 4.19. The molecule has 0 bridgehead atoms. The molecule has 0 aliphatic heterocycles. The smallest absolute Gasteiger partial charge is 0.196 e. The number of carbonyl (C=O) groups excluding carboxylic acids is 1. The van der Waals surface area contributed by atoms with Crippen LogP contribution < -0.4 is 0 Å². The summed E-state index contributed by atoms with van der Waals surface area (Å²) in [6.07, 6.45) is 0. The molecule has 0 amide bonds. The van der Waals surface area contributed by atoms with E-state index in [-0.39, 0.29) is 21.9 Å². The molecule has 0 atom stereocenters. The highest BCUT2D eigenvalue weighted by Crippen LogP contribution is 2.34. The maximum atomic E-state index is 13.3. The van der Waals surface area contributed by atoms with E-state index in [0.29, 0.717) is 14.2 Å². The lowest BCUT2D eigenvalue weighted by atomic mass is 10.0. The zero-order valence-electron chi connectivity index (χ0n) is 9.06. The summed E-state index contributed by atoms with van der Waals surface area (Å²) in [5.74, 6) is -0.817. The summed E-state index contributed by atoms with van der Waals surface area (Å²) in [5.41, 5.74) is 0.840. The molecule has 1 aromatic heterocycles. The molecule has 0 saturated carbocycles. The molecule has 0 radical (unpaired) electrons. The first-order valence-corrected chi connectivity index (χ1v) is 6.80. The van der Waals surface area contributed by atoms with Crippen molar-refractivity contribution in [1.82, 2.24) is 0 Å². The Morgan fingerprint density at radius 3 is 2.39 bits per heavy atom. The molecule has 0 aliphatic rings. The molecule has 18 heavy (non-hydrogen) atoms. The van der Waals surface area contributed by atoms with Crippen LogP contribution in [-0.2, 0) is 0 Å². The van der Waals surface area contributed by atoms with Gasteiger partial charge in [-0.3, -0.25) is 4.79 Å². The van der Waals surface area contributed by atoms with Crippen molar-refractivity contribution in [2.45, 2.75) is 6.92 Å². The van der Waals surface area contributed by atoms with Crippen LogP contribution in [0.4, 0.5) is 4.39 Å². The average molecular weight is 324 g/mol. The van der Waals surface area contributed by atoms with E-state index in [1.54, 1.807) is 6.92 Å². The van der Waals surface area contributed by atoms with Gasteiger partial charge in [0.05, 0.1) is 14.9 Å². The highest BCUT2D eigenvalue weighted by atomic mass is 35.5. The van der Waals surface area contributed by atoms with Crippen LogP contribution >= 0.6 is 46.1 Å². The zero-order valence-corrected chi connectivity index (χ0v) is 12.1. The van der Waals surface area contributed by atoms with E-state index < -0.39 is 5.82 Å². The molecule has 94 valence electrons. The van der Waals surface area contributed by atoms with Gasteiger partial charge in [-0.25, -0.2) is 4.39 Å². The quantitative estimate of drug-likeness (QED) is 0.677. The third kappa shape index (κ3) is 2.54. The van der Waals surface area contributed by atoms with E-state index in [4.69, 9.17) is 34.8 Å². The molecule has 0 saturated heterocycles. The Morgan fingerprint density at radius 1 is 1.17 bits per heavy atom. The molecule has 0 aliphatic carbocycles. The van der Waals surface area contributed by atoms with Crippen molar-refractivity contribution in [3.8, 4) is 0 Å². The fourth-order valence-corrected chi connectivity index (χ4v) is 3.17. The van der Waals surface area contributed by atoms with E-state index >= 15 is 0 Å². The van der Waals surface area contributed by atoms with Gasteiger partial charge >= 0.3 is 0 Å². The van der Waals surface area contributed by atoms with Crippen LogP contribution in [0.1, 0.15) is 21.5 Å². The first kappa shape index (κ1) is 13.8. The van der Waals surface area contributed by atoms with Gasteiger partial charge in [0.1, 0.15) is 10.2 Å². The Balaban J connectivity index is 2.53. The summed E-state index contributed by atoms with van der Waals surface area (Å²) >= 11 is 18.7. The Labute approximate surface area is 122 Å². The minimum absolute atomic E-state index is 0.0569. The van der Waals surface area contributed by atoms with Crippen molar-refractivity contribution in [2.75, 3.05) is 0 Å². The molecule has 6 heteroatoms. The van der Waals surface area contributed by atoms with Gasteiger partial charge in [-0.15, -0.1) is 11.3 Å². The predicted molar refractivity (Wildman–Crippen MR) is 73.9 cm³/mol. The van der Waals surface area contributed by atoms with E-state index in [2.05, 4.69) is 0 Å². The molecule has 0 N–H and O–H groups in total. The predicted octanol–water partition coefficient (Wildman–Crippen LogP) is 5.39. The van der Waals surface area contributed by atoms with Crippen molar-refractivity contribution in [2.24, 2.45) is 0 Å². The zero-order chi connectivity index (χ0) is 13.4. The standard InChI is InChI=1S/C12H6Cl3FOS/c1-5-2-6(8(13)4-9(5)16)11(17)7-3-10(14)18-12(7)15/h2-4H,1H3. The lowest BCUT2D eigenvalue weighted by molar-refractivity contribution is 0.103. The highest BCUT2D eigenvalue weighted by Gasteiger charge is 2.19. The van der Waals surface area contributed by atoms with Gasteiger partial charge in [-0.1, -0.05) is 34.8 Å². The lowest BCUT2D eigenvalue weighted by Gasteiger charge is -2.05. The SMILES string of the molecule is Cc1cc(C(=O)c2cc(Cl)sc2Cl)c(Cl)cc1F. The molecular weight excluding hydrogens is 318 g/mol. The second kappa shape index (κ2) is 5.17. The van der Waals surface area contributed by atoms with Crippen molar-refractivity contribution in [1.29, 1.82) is 0 Å². The highest BCUT2D eigenvalue weighted by molar-refractivity contribution is 7.20. The molecular formula is C12H6Cl3FOS. The molecule has 1 heterocycles. The molecule has 1 nitrogen and oxygen atoms in total. The van der Waals surface area contributed by atoms with Crippen LogP contribution in [0.5, 0.6) is 0 Å². The number of halogens is 4. The van der Waals surface area contributed by atoms with Gasteiger partial charge in [0.15, 0.2) is 5.78 Å². The summed E-state index contributed by atoms with van der Waals surface area (Å²) in [4.78, 5) is 12.2. The van der Waals surface area contributed by atoms with E-state index in [1.807, 2.05) is 0 Å². The summed E-state index contributed by atoms with van der Waals surface area (Å²) in [7, 11) is 0. The van der Waals surface area contributed by atoms with Crippen LogP contribution in [0, 0.1) is 12.7 Å².